The summed E-state index contributed by atoms with van der Waals surface area (Å²) < 4.78 is 32.9. The summed E-state index contributed by atoms with van der Waals surface area (Å²) in [5.41, 5.74) is 5.36. The lowest BCUT2D eigenvalue weighted by atomic mass is 10.0. The molecular formula is C58H110NO8P. The molecule has 0 radical (unpaired) electrons. The van der Waals surface area contributed by atoms with Crippen LogP contribution in [0.3, 0.4) is 0 Å². The number of unbranched alkanes of at least 4 members (excludes halogenated alkanes) is 36. The molecule has 0 spiro atoms. The molecular weight excluding hydrogens is 870 g/mol. The van der Waals surface area contributed by atoms with Crippen LogP contribution in [0.15, 0.2) is 36.5 Å². The molecule has 0 aliphatic heterocycles. The molecule has 0 aliphatic rings. The van der Waals surface area contributed by atoms with E-state index in [1.165, 1.54) is 212 Å². The van der Waals surface area contributed by atoms with Crippen LogP contribution in [0.5, 0.6) is 0 Å². The zero-order valence-corrected chi connectivity index (χ0v) is 45.5. The summed E-state index contributed by atoms with van der Waals surface area (Å²) >= 11 is 0. The summed E-state index contributed by atoms with van der Waals surface area (Å²) in [5.74, 6) is -0.816. The van der Waals surface area contributed by atoms with Gasteiger partial charge in [-0.1, -0.05) is 262 Å². The zero-order valence-electron chi connectivity index (χ0n) is 44.6. The lowest BCUT2D eigenvalue weighted by molar-refractivity contribution is -0.161. The Bertz CT molecular complexity index is 1210. The number of nitrogens with two attached hydrogens (primary N) is 1. The normalized spacial score (nSPS) is 13.3. The van der Waals surface area contributed by atoms with Gasteiger partial charge in [-0.25, -0.2) is 4.57 Å². The highest BCUT2D eigenvalue weighted by molar-refractivity contribution is 7.47. The molecule has 0 aliphatic carbocycles. The van der Waals surface area contributed by atoms with Crippen molar-refractivity contribution in [3.8, 4) is 0 Å². The molecule has 400 valence electrons. The van der Waals surface area contributed by atoms with Crippen LogP contribution >= 0.6 is 7.82 Å². The van der Waals surface area contributed by atoms with E-state index in [2.05, 4.69) is 50.3 Å². The molecule has 0 heterocycles. The molecule has 0 aromatic carbocycles. The van der Waals surface area contributed by atoms with E-state index < -0.39 is 26.5 Å². The third-order valence-corrected chi connectivity index (χ3v) is 13.8. The van der Waals surface area contributed by atoms with Crippen molar-refractivity contribution in [2.75, 3.05) is 26.4 Å². The minimum atomic E-state index is -4.37. The van der Waals surface area contributed by atoms with Gasteiger partial charge in [0.15, 0.2) is 6.10 Å². The first-order chi connectivity index (χ1) is 33.3. The second kappa shape index (κ2) is 54.6. The van der Waals surface area contributed by atoms with Gasteiger partial charge in [0.2, 0.25) is 0 Å². The summed E-state index contributed by atoms with van der Waals surface area (Å²) in [6.45, 7) is 3.74. The van der Waals surface area contributed by atoms with Gasteiger partial charge in [0.1, 0.15) is 6.61 Å². The Morgan fingerprint density at radius 2 is 0.765 bits per heavy atom. The Morgan fingerprint density at radius 3 is 1.13 bits per heavy atom. The van der Waals surface area contributed by atoms with Crippen molar-refractivity contribution >= 4 is 19.8 Å². The molecule has 10 heteroatoms. The second-order valence-electron chi connectivity index (χ2n) is 19.5. The van der Waals surface area contributed by atoms with Crippen molar-refractivity contribution in [3.05, 3.63) is 36.5 Å². The van der Waals surface area contributed by atoms with Crippen LogP contribution in [0.2, 0.25) is 0 Å². The molecule has 2 unspecified atom stereocenters. The monoisotopic (exact) mass is 980 g/mol. The van der Waals surface area contributed by atoms with Crippen molar-refractivity contribution in [1.29, 1.82) is 0 Å². The Balaban J connectivity index is 3.74. The van der Waals surface area contributed by atoms with Gasteiger partial charge < -0.3 is 20.1 Å². The van der Waals surface area contributed by atoms with Gasteiger partial charge >= 0.3 is 19.8 Å². The van der Waals surface area contributed by atoms with Gasteiger partial charge in [0.05, 0.1) is 13.2 Å². The van der Waals surface area contributed by atoms with E-state index in [0.717, 1.165) is 44.9 Å². The molecule has 3 N–H and O–H groups in total. The van der Waals surface area contributed by atoms with Crippen LogP contribution in [-0.2, 0) is 32.7 Å². The molecule has 0 aromatic heterocycles. The van der Waals surface area contributed by atoms with Gasteiger partial charge in [-0.15, -0.1) is 0 Å². The first-order valence-electron chi connectivity index (χ1n) is 29.0. The second-order valence-corrected chi connectivity index (χ2v) is 21.0. The molecule has 68 heavy (non-hydrogen) atoms. The van der Waals surface area contributed by atoms with Crippen molar-refractivity contribution in [3.63, 3.8) is 0 Å². The van der Waals surface area contributed by atoms with Gasteiger partial charge in [-0.2, -0.15) is 0 Å². The number of phosphoric ester groups is 1. The summed E-state index contributed by atoms with van der Waals surface area (Å²) in [7, 11) is -4.37. The number of allylic oxidation sites excluding steroid dienone is 6. The van der Waals surface area contributed by atoms with Crippen LogP contribution in [0.25, 0.3) is 0 Å². The minimum Gasteiger partial charge on any atom is -0.462 e. The third kappa shape index (κ3) is 53.6. The molecule has 9 nitrogen and oxygen atoms in total. The maximum Gasteiger partial charge on any atom is 0.472 e. The van der Waals surface area contributed by atoms with Crippen molar-refractivity contribution in [2.45, 2.75) is 296 Å². The minimum absolute atomic E-state index is 0.0560. The number of carbonyl (C=O) groups excluding carboxylic acids is 2. The highest BCUT2D eigenvalue weighted by atomic mass is 31.2. The number of hydrogen-bond donors (Lipinski definition) is 2. The van der Waals surface area contributed by atoms with Gasteiger partial charge in [0.25, 0.3) is 0 Å². The van der Waals surface area contributed by atoms with Crippen LogP contribution in [0.1, 0.15) is 290 Å². The first-order valence-corrected chi connectivity index (χ1v) is 30.5. The summed E-state index contributed by atoms with van der Waals surface area (Å²) in [5, 5.41) is 0. The van der Waals surface area contributed by atoms with Crippen molar-refractivity contribution < 1.29 is 37.6 Å². The lowest BCUT2D eigenvalue weighted by Gasteiger charge is -2.19. The molecule has 0 bridgehead atoms. The zero-order chi connectivity index (χ0) is 49.5. The van der Waals surface area contributed by atoms with E-state index in [-0.39, 0.29) is 38.6 Å². The fourth-order valence-corrected chi connectivity index (χ4v) is 9.23. The molecule has 0 rings (SSSR count). The van der Waals surface area contributed by atoms with E-state index in [1.54, 1.807) is 0 Å². The lowest BCUT2D eigenvalue weighted by Crippen LogP contribution is -2.29. The third-order valence-electron chi connectivity index (χ3n) is 12.8. The summed E-state index contributed by atoms with van der Waals surface area (Å²) in [6.07, 6.45) is 65.2. The average Bonchev–Trinajstić information content (AvgIpc) is 3.33. The molecule has 0 fully saturated rings. The Kier molecular flexibility index (Phi) is 53.1. The predicted molar refractivity (Wildman–Crippen MR) is 289 cm³/mol. The summed E-state index contributed by atoms with van der Waals surface area (Å²) in [4.78, 5) is 35.0. The first kappa shape index (κ1) is 66.2. The largest absolute Gasteiger partial charge is 0.472 e. The molecule has 0 saturated heterocycles. The van der Waals surface area contributed by atoms with Crippen molar-refractivity contribution in [2.24, 2.45) is 5.73 Å². The van der Waals surface area contributed by atoms with Gasteiger partial charge in [-0.3, -0.25) is 18.6 Å². The number of esters is 2. The van der Waals surface area contributed by atoms with E-state index in [9.17, 15) is 19.0 Å². The smallest absolute Gasteiger partial charge is 0.462 e. The van der Waals surface area contributed by atoms with Crippen LogP contribution in [0.4, 0.5) is 0 Å². The van der Waals surface area contributed by atoms with E-state index in [0.29, 0.717) is 6.42 Å². The number of rotatable bonds is 55. The van der Waals surface area contributed by atoms with Crippen LogP contribution in [0, 0.1) is 0 Å². The fourth-order valence-electron chi connectivity index (χ4n) is 8.47. The Hall–Kier alpha value is -1.77. The fraction of sp³-hybridized carbons (Fsp3) is 0.862. The van der Waals surface area contributed by atoms with E-state index in [1.807, 2.05) is 0 Å². The Labute approximate surface area is 420 Å². The van der Waals surface area contributed by atoms with Gasteiger partial charge in [0, 0.05) is 19.4 Å². The highest BCUT2D eigenvalue weighted by Gasteiger charge is 2.26. The Morgan fingerprint density at radius 1 is 0.441 bits per heavy atom. The number of ether oxygens (including phenoxy) is 2. The van der Waals surface area contributed by atoms with Crippen molar-refractivity contribution in [1.82, 2.24) is 0 Å². The van der Waals surface area contributed by atoms with Crippen LogP contribution in [-0.4, -0.2) is 49.3 Å². The highest BCUT2D eigenvalue weighted by Crippen LogP contribution is 2.43. The average molecular weight is 980 g/mol. The maximum absolute atomic E-state index is 12.6. The molecule has 0 amide bonds. The predicted octanol–water partition coefficient (Wildman–Crippen LogP) is 18.0. The van der Waals surface area contributed by atoms with Gasteiger partial charge in [-0.05, 0) is 51.4 Å². The van der Waals surface area contributed by atoms with Crippen LogP contribution < -0.4 is 5.73 Å². The SMILES string of the molecule is CCCCCCC/C=C\C/C=C\C/C=C\CCCCCCCCCCCCCCCCCCCCCCCCC(=O)OC(COC(=O)CCCCCCCCCCCC)COP(=O)(O)OCCN. The standard InChI is InChI=1S/C58H110NO8P/c1-3-5-7-9-11-13-15-16-17-18-19-20-21-22-23-24-25-26-27-28-29-30-31-32-33-34-35-36-37-38-39-40-41-43-45-47-49-51-58(61)67-56(55-66-68(62,63)65-53-52-59)54-64-57(60)50-48-46-44-42-14-12-10-8-6-4-2/h15-16,18-19,21-22,56H,3-14,17,20,23-55,59H2,1-2H3,(H,62,63)/b16-15-,19-18-,22-21-. The quantitative estimate of drug-likeness (QED) is 0.0264. The topological polar surface area (TPSA) is 134 Å². The molecule has 2 atom stereocenters. The van der Waals surface area contributed by atoms with E-state index >= 15 is 0 Å². The molecule has 0 aromatic rings. The number of hydrogen-bond acceptors (Lipinski definition) is 8. The van der Waals surface area contributed by atoms with E-state index in [4.69, 9.17) is 24.3 Å². The summed E-state index contributed by atoms with van der Waals surface area (Å²) in [6, 6.07) is 0. The maximum atomic E-state index is 12.6. The number of carbonyl (C=O) groups is 2. The number of phosphoric acid groups is 1. The molecule has 0 saturated carbocycles.